The first-order chi connectivity index (χ1) is 6.49. The van der Waals surface area contributed by atoms with Gasteiger partial charge in [0, 0.05) is 18.3 Å². The van der Waals surface area contributed by atoms with Crippen molar-refractivity contribution in [3.8, 4) is 0 Å². The molecule has 1 nitrogen and oxygen atoms in total. The Bertz CT molecular complexity index is 255. The van der Waals surface area contributed by atoms with Crippen molar-refractivity contribution in [3.63, 3.8) is 0 Å². The lowest BCUT2D eigenvalue weighted by Gasteiger charge is -2.26. The summed E-state index contributed by atoms with van der Waals surface area (Å²) in [5.74, 6) is 0. The van der Waals surface area contributed by atoms with E-state index >= 15 is 0 Å². The molecule has 4 heteroatoms. The van der Waals surface area contributed by atoms with Crippen LogP contribution >= 0.6 is 24.0 Å². The normalized spacial score (nSPS) is 43.6. The fourth-order valence-electron chi connectivity index (χ4n) is 2.67. The van der Waals surface area contributed by atoms with E-state index in [-0.39, 0.29) is 0 Å². The quantitative estimate of drug-likeness (QED) is 0.460. The third-order valence-corrected chi connectivity index (χ3v) is 5.42. The predicted molar refractivity (Wildman–Crippen MR) is 70.9 cm³/mol. The summed E-state index contributed by atoms with van der Waals surface area (Å²) in [4.78, 5) is 2.33. The smallest absolute Gasteiger partial charge is 0.136 e. The van der Waals surface area contributed by atoms with Gasteiger partial charge in [-0.2, -0.15) is 0 Å². The van der Waals surface area contributed by atoms with Crippen molar-refractivity contribution in [2.45, 2.75) is 49.2 Å². The fourth-order valence-corrected chi connectivity index (χ4v) is 4.75. The Morgan fingerprint density at radius 3 is 3.07 bits per heavy atom. The van der Waals surface area contributed by atoms with Crippen LogP contribution in [0.15, 0.2) is 0 Å². The molecule has 0 radical (unpaired) electrons. The van der Waals surface area contributed by atoms with Crippen LogP contribution < -0.4 is 0 Å². The SMILES string of the molecule is BC1(C)CCCC2C(C1)SC(=S)N2C. The van der Waals surface area contributed by atoms with Gasteiger partial charge in [-0.05, 0) is 12.8 Å². The lowest BCUT2D eigenvalue weighted by molar-refractivity contribution is 0.358. The van der Waals surface area contributed by atoms with Gasteiger partial charge < -0.3 is 4.90 Å². The van der Waals surface area contributed by atoms with Crippen LogP contribution in [0.4, 0.5) is 0 Å². The van der Waals surface area contributed by atoms with Gasteiger partial charge in [0.25, 0.3) is 0 Å². The Balaban J connectivity index is 2.14. The molecule has 0 N–H and O–H groups in total. The minimum atomic E-state index is 0.521. The molecule has 1 saturated carbocycles. The fraction of sp³-hybridized carbons (Fsp3) is 0.900. The van der Waals surface area contributed by atoms with Crippen molar-refractivity contribution >= 4 is 36.1 Å². The molecule has 0 aromatic rings. The lowest BCUT2D eigenvalue weighted by atomic mass is 9.65. The highest BCUT2D eigenvalue weighted by molar-refractivity contribution is 8.23. The Labute approximate surface area is 97.4 Å². The Kier molecular flexibility index (Phi) is 2.86. The maximum absolute atomic E-state index is 5.36. The van der Waals surface area contributed by atoms with Crippen LogP contribution in [0.25, 0.3) is 0 Å². The van der Waals surface area contributed by atoms with Crippen molar-refractivity contribution in [2.75, 3.05) is 7.05 Å². The van der Waals surface area contributed by atoms with Gasteiger partial charge in [-0.15, -0.1) is 0 Å². The minimum Gasteiger partial charge on any atom is -0.356 e. The van der Waals surface area contributed by atoms with E-state index in [2.05, 4.69) is 26.7 Å². The maximum atomic E-state index is 5.36. The van der Waals surface area contributed by atoms with Gasteiger partial charge in [-0.3, -0.25) is 0 Å². The molecule has 3 atom stereocenters. The monoisotopic (exact) mass is 227 g/mol. The number of hydrogen-bond acceptors (Lipinski definition) is 2. The van der Waals surface area contributed by atoms with Gasteiger partial charge >= 0.3 is 0 Å². The molecule has 0 aromatic heterocycles. The second-order valence-corrected chi connectivity index (χ2v) is 7.23. The zero-order valence-electron chi connectivity index (χ0n) is 9.25. The molecule has 78 valence electrons. The third kappa shape index (κ3) is 1.96. The van der Waals surface area contributed by atoms with Crippen LogP contribution in [0, 0.1) is 0 Å². The van der Waals surface area contributed by atoms with Crippen molar-refractivity contribution in [2.24, 2.45) is 0 Å². The highest BCUT2D eigenvalue weighted by atomic mass is 32.2. The van der Waals surface area contributed by atoms with E-state index in [1.807, 2.05) is 11.8 Å². The number of thioether (sulfide) groups is 1. The largest absolute Gasteiger partial charge is 0.356 e. The van der Waals surface area contributed by atoms with Gasteiger partial charge in [0.15, 0.2) is 0 Å². The van der Waals surface area contributed by atoms with E-state index in [9.17, 15) is 0 Å². The highest BCUT2D eigenvalue weighted by Crippen LogP contribution is 2.46. The average Bonchev–Trinajstić information content (AvgIpc) is 2.28. The Morgan fingerprint density at radius 1 is 1.64 bits per heavy atom. The van der Waals surface area contributed by atoms with E-state index in [0.29, 0.717) is 11.4 Å². The summed E-state index contributed by atoms with van der Waals surface area (Å²) in [5.41, 5.74) is 0. The number of hydrogen-bond donors (Lipinski definition) is 0. The van der Waals surface area contributed by atoms with Crippen LogP contribution in [-0.2, 0) is 0 Å². The van der Waals surface area contributed by atoms with Crippen LogP contribution in [0.1, 0.15) is 32.6 Å². The van der Waals surface area contributed by atoms with Gasteiger partial charge in [-0.25, -0.2) is 0 Å². The lowest BCUT2D eigenvalue weighted by Crippen LogP contribution is -2.32. The molecule has 0 bridgehead atoms. The molecule has 14 heavy (non-hydrogen) atoms. The molecule has 1 heterocycles. The number of nitrogens with zero attached hydrogens (tertiary/aromatic N) is 1. The number of rotatable bonds is 0. The van der Waals surface area contributed by atoms with Crippen molar-refractivity contribution in [1.82, 2.24) is 4.90 Å². The number of fused-ring (bicyclic) bond motifs is 1. The Morgan fingerprint density at radius 2 is 2.36 bits per heavy atom. The zero-order valence-corrected chi connectivity index (χ0v) is 10.9. The molecule has 2 rings (SSSR count). The summed E-state index contributed by atoms with van der Waals surface area (Å²) in [7, 11) is 4.57. The van der Waals surface area contributed by atoms with Crippen LogP contribution in [0.5, 0.6) is 0 Å². The molecule has 0 aromatic carbocycles. The summed E-state index contributed by atoms with van der Waals surface area (Å²) in [6.45, 7) is 2.40. The molecule has 1 aliphatic carbocycles. The average molecular weight is 227 g/mol. The summed E-state index contributed by atoms with van der Waals surface area (Å²) in [6.07, 6.45) is 5.40. The second kappa shape index (κ2) is 3.71. The van der Waals surface area contributed by atoms with Crippen molar-refractivity contribution in [3.05, 3.63) is 0 Å². The van der Waals surface area contributed by atoms with E-state index in [1.54, 1.807) is 0 Å². The zero-order chi connectivity index (χ0) is 10.3. The van der Waals surface area contributed by atoms with Crippen LogP contribution in [-0.4, -0.2) is 35.4 Å². The van der Waals surface area contributed by atoms with Gasteiger partial charge in [0.2, 0.25) is 0 Å². The van der Waals surface area contributed by atoms with E-state index in [1.165, 1.54) is 25.7 Å². The van der Waals surface area contributed by atoms with Crippen molar-refractivity contribution < 1.29 is 0 Å². The van der Waals surface area contributed by atoms with Gasteiger partial charge in [0.05, 0.1) is 0 Å². The van der Waals surface area contributed by atoms with Crippen LogP contribution in [0.2, 0.25) is 5.31 Å². The maximum Gasteiger partial charge on any atom is 0.136 e. The minimum absolute atomic E-state index is 0.521. The summed E-state index contributed by atoms with van der Waals surface area (Å²) in [5, 5.41) is 1.28. The second-order valence-electron chi connectivity index (χ2n) is 5.36. The first-order valence-corrected chi connectivity index (χ1v) is 6.72. The summed E-state index contributed by atoms with van der Waals surface area (Å²) >= 11 is 7.29. The Hall–Kier alpha value is 0.305. The molecule has 3 unspecified atom stereocenters. The van der Waals surface area contributed by atoms with E-state index in [4.69, 9.17) is 12.2 Å². The molecule has 0 amide bonds. The molecule has 2 aliphatic rings. The van der Waals surface area contributed by atoms with Crippen LogP contribution in [0.3, 0.4) is 0 Å². The first kappa shape index (κ1) is 10.8. The molecule has 0 spiro atoms. The topological polar surface area (TPSA) is 3.24 Å². The molecule has 1 aliphatic heterocycles. The van der Waals surface area contributed by atoms with E-state index < -0.39 is 0 Å². The predicted octanol–water partition coefficient (Wildman–Crippen LogP) is 2.07. The van der Waals surface area contributed by atoms with Gasteiger partial charge in [0.1, 0.15) is 12.2 Å². The summed E-state index contributed by atoms with van der Waals surface area (Å²) < 4.78 is 1.11. The summed E-state index contributed by atoms with van der Waals surface area (Å²) in [6, 6.07) is 0.717. The van der Waals surface area contributed by atoms with E-state index in [0.717, 1.165) is 9.57 Å². The third-order valence-electron chi connectivity index (χ3n) is 3.57. The standard InChI is InChI=1S/C10H18BNS2/c1-10(11)5-3-4-7-8(6-10)14-9(13)12(7)2/h7-8H,3-6,11H2,1-2H3. The molecular weight excluding hydrogens is 209 g/mol. The molecule has 1 saturated heterocycles. The molecular formula is C10H18BNS2. The molecule has 2 fully saturated rings. The highest BCUT2D eigenvalue weighted by Gasteiger charge is 2.40. The van der Waals surface area contributed by atoms with Crippen molar-refractivity contribution in [1.29, 1.82) is 0 Å². The first-order valence-electron chi connectivity index (χ1n) is 5.43. The van der Waals surface area contributed by atoms with Gasteiger partial charge in [-0.1, -0.05) is 49.1 Å². The number of thiocarbonyl (C=S) groups is 1.